The first kappa shape index (κ1) is 13.7. The van der Waals surface area contributed by atoms with Crippen molar-refractivity contribution in [3.8, 4) is 0 Å². The van der Waals surface area contributed by atoms with Gasteiger partial charge in [0.15, 0.2) is 11.5 Å². The first-order valence-electron chi connectivity index (χ1n) is 8.07. The summed E-state index contributed by atoms with van der Waals surface area (Å²) in [7, 11) is 0. The number of rotatable bonds is 1. The molecule has 0 spiro atoms. The lowest BCUT2D eigenvalue weighted by Crippen LogP contribution is -2.50. The molecule has 2 aliphatic rings. The van der Waals surface area contributed by atoms with Gasteiger partial charge in [-0.3, -0.25) is 4.90 Å². The minimum Gasteiger partial charge on any atom is -0.351 e. The first-order chi connectivity index (χ1) is 11.3. The number of fused-ring (bicyclic) bond motifs is 4. The van der Waals surface area contributed by atoms with Crippen LogP contribution in [0.2, 0.25) is 0 Å². The molecule has 1 atom stereocenters. The van der Waals surface area contributed by atoms with Gasteiger partial charge in [-0.05, 0) is 37.6 Å². The van der Waals surface area contributed by atoms with Crippen LogP contribution in [0.5, 0.6) is 0 Å². The third-order valence-corrected chi connectivity index (χ3v) is 5.52. The van der Waals surface area contributed by atoms with Gasteiger partial charge < -0.3 is 4.90 Å². The van der Waals surface area contributed by atoms with Gasteiger partial charge in [0.1, 0.15) is 6.33 Å². The minimum absolute atomic E-state index is 0.661. The summed E-state index contributed by atoms with van der Waals surface area (Å²) in [5.74, 6) is 0.962. The van der Waals surface area contributed by atoms with E-state index in [0.29, 0.717) is 6.04 Å². The van der Waals surface area contributed by atoms with E-state index < -0.39 is 0 Å². The number of piperazine rings is 1. The van der Waals surface area contributed by atoms with Crippen LogP contribution in [0.1, 0.15) is 12.8 Å². The maximum absolute atomic E-state index is 4.92. The number of hydrogen-bond donors (Lipinski definition) is 0. The Morgan fingerprint density at radius 2 is 2.13 bits per heavy atom. The Hall–Kier alpha value is -1.73. The molecule has 4 heterocycles. The Kier molecular flexibility index (Phi) is 3.06. The summed E-state index contributed by atoms with van der Waals surface area (Å²) in [4.78, 5) is 14.4. The summed E-state index contributed by atoms with van der Waals surface area (Å²) >= 11 is 3.53. The largest absolute Gasteiger partial charge is 0.351 e. The summed E-state index contributed by atoms with van der Waals surface area (Å²) in [6.45, 7) is 4.41. The summed E-state index contributed by atoms with van der Waals surface area (Å²) in [6, 6.07) is 6.77. The normalized spacial score (nSPS) is 22.1. The van der Waals surface area contributed by atoms with E-state index in [9.17, 15) is 0 Å². The molecule has 2 aliphatic heterocycles. The molecule has 6 nitrogen and oxygen atoms in total. The maximum Gasteiger partial charge on any atom is 0.199 e. The van der Waals surface area contributed by atoms with E-state index in [-0.39, 0.29) is 0 Å². The number of anilines is 1. The zero-order chi connectivity index (χ0) is 15.4. The van der Waals surface area contributed by atoms with Crippen molar-refractivity contribution in [1.82, 2.24) is 24.5 Å². The van der Waals surface area contributed by atoms with Gasteiger partial charge in [-0.15, -0.1) is 0 Å². The van der Waals surface area contributed by atoms with Crippen molar-refractivity contribution in [2.45, 2.75) is 18.9 Å². The molecule has 0 bridgehead atoms. The van der Waals surface area contributed by atoms with Crippen LogP contribution in [-0.2, 0) is 0 Å². The van der Waals surface area contributed by atoms with Gasteiger partial charge in [-0.25, -0.2) is 14.5 Å². The van der Waals surface area contributed by atoms with Crippen LogP contribution in [0.4, 0.5) is 5.82 Å². The zero-order valence-electron chi connectivity index (χ0n) is 12.7. The summed E-state index contributed by atoms with van der Waals surface area (Å²) < 4.78 is 2.93. The molecule has 0 aliphatic carbocycles. The van der Waals surface area contributed by atoms with Gasteiger partial charge >= 0.3 is 0 Å². The zero-order valence-corrected chi connectivity index (χ0v) is 14.3. The number of hydrogen-bond acceptors (Lipinski definition) is 5. The van der Waals surface area contributed by atoms with E-state index in [1.54, 1.807) is 6.33 Å². The fourth-order valence-electron chi connectivity index (χ4n) is 3.89. The molecule has 0 N–H and O–H groups in total. The topological polar surface area (TPSA) is 49.6 Å². The molecule has 5 rings (SSSR count). The highest BCUT2D eigenvalue weighted by Crippen LogP contribution is 2.29. The molecule has 2 fully saturated rings. The molecule has 0 amide bonds. The molecule has 0 saturated carbocycles. The fraction of sp³-hybridized carbons (Fsp3) is 0.438. The van der Waals surface area contributed by atoms with Gasteiger partial charge in [-0.1, -0.05) is 15.9 Å². The molecular weight excluding hydrogens is 356 g/mol. The van der Waals surface area contributed by atoms with E-state index in [1.807, 2.05) is 22.7 Å². The molecule has 1 unspecified atom stereocenters. The highest BCUT2D eigenvalue weighted by molar-refractivity contribution is 9.10. The monoisotopic (exact) mass is 372 g/mol. The molecule has 3 aromatic rings. The lowest BCUT2D eigenvalue weighted by atomic mass is 10.1. The van der Waals surface area contributed by atoms with Crippen LogP contribution in [0, 0.1) is 0 Å². The molecule has 23 heavy (non-hydrogen) atoms. The standard InChI is InChI=1S/C16H17BrN6/c17-11-3-4-13-14(8-11)23-15(18-10-19-23)16(20-13)22-7-6-21-5-1-2-12(21)9-22/h3-4,8,10,12H,1-2,5-7,9H2. The molecule has 2 saturated heterocycles. The summed E-state index contributed by atoms with van der Waals surface area (Å²) in [6.07, 6.45) is 4.23. The highest BCUT2D eigenvalue weighted by atomic mass is 79.9. The van der Waals surface area contributed by atoms with Crippen molar-refractivity contribution in [3.05, 3.63) is 29.0 Å². The van der Waals surface area contributed by atoms with Crippen molar-refractivity contribution in [2.24, 2.45) is 0 Å². The average molecular weight is 373 g/mol. The van der Waals surface area contributed by atoms with Crippen LogP contribution >= 0.6 is 15.9 Å². The Bertz CT molecular complexity index is 891. The number of benzene rings is 1. The van der Waals surface area contributed by atoms with Crippen molar-refractivity contribution < 1.29 is 0 Å². The second-order valence-electron chi connectivity index (χ2n) is 6.34. The quantitative estimate of drug-likeness (QED) is 0.655. The maximum atomic E-state index is 4.92. The van der Waals surface area contributed by atoms with Gasteiger partial charge in [-0.2, -0.15) is 5.10 Å². The Morgan fingerprint density at radius 3 is 3.09 bits per heavy atom. The summed E-state index contributed by atoms with van der Waals surface area (Å²) in [5.41, 5.74) is 2.78. The van der Waals surface area contributed by atoms with Crippen LogP contribution in [0.3, 0.4) is 0 Å². The van der Waals surface area contributed by atoms with E-state index in [4.69, 9.17) is 4.98 Å². The smallest absolute Gasteiger partial charge is 0.199 e. The molecule has 1 aromatic carbocycles. The van der Waals surface area contributed by atoms with Crippen molar-refractivity contribution in [3.63, 3.8) is 0 Å². The van der Waals surface area contributed by atoms with E-state index >= 15 is 0 Å². The van der Waals surface area contributed by atoms with E-state index in [0.717, 1.165) is 46.6 Å². The van der Waals surface area contributed by atoms with Gasteiger partial charge in [0.2, 0.25) is 0 Å². The van der Waals surface area contributed by atoms with Gasteiger partial charge in [0, 0.05) is 30.1 Å². The number of aromatic nitrogens is 4. The molecule has 118 valence electrons. The molecule has 0 radical (unpaired) electrons. The van der Waals surface area contributed by atoms with Crippen molar-refractivity contribution >= 4 is 38.4 Å². The van der Waals surface area contributed by atoms with Crippen LogP contribution in [-0.4, -0.2) is 56.7 Å². The summed E-state index contributed by atoms with van der Waals surface area (Å²) in [5, 5.41) is 4.42. The first-order valence-corrected chi connectivity index (χ1v) is 8.87. The van der Waals surface area contributed by atoms with Crippen LogP contribution in [0.25, 0.3) is 16.7 Å². The second-order valence-corrected chi connectivity index (χ2v) is 7.26. The highest BCUT2D eigenvalue weighted by Gasteiger charge is 2.32. The Balaban J connectivity index is 1.65. The molecule has 2 aromatic heterocycles. The number of nitrogens with zero attached hydrogens (tertiary/aromatic N) is 6. The van der Waals surface area contributed by atoms with Crippen molar-refractivity contribution in [2.75, 3.05) is 31.1 Å². The van der Waals surface area contributed by atoms with Crippen molar-refractivity contribution in [1.29, 1.82) is 0 Å². The predicted molar refractivity (Wildman–Crippen MR) is 92.8 cm³/mol. The van der Waals surface area contributed by atoms with Crippen LogP contribution in [0.15, 0.2) is 29.0 Å². The third kappa shape index (κ3) is 2.14. The molecule has 7 heteroatoms. The predicted octanol–water partition coefficient (Wildman–Crippen LogP) is 2.32. The third-order valence-electron chi connectivity index (χ3n) is 5.03. The average Bonchev–Trinajstić information content (AvgIpc) is 3.22. The second kappa shape index (κ2) is 5.14. The Labute approximate surface area is 142 Å². The number of halogens is 1. The lowest BCUT2D eigenvalue weighted by molar-refractivity contribution is 0.230. The van der Waals surface area contributed by atoms with Gasteiger partial charge in [0.25, 0.3) is 0 Å². The molecular formula is C16H17BrN6. The van der Waals surface area contributed by atoms with Gasteiger partial charge in [0.05, 0.1) is 11.0 Å². The SMILES string of the molecule is Brc1ccc2nc(N3CCN4CCCC4C3)c3ncnn3c2c1. The Morgan fingerprint density at radius 1 is 1.17 bits per heavy atom. The van der Waals surface area contributed by atoms with E-state index in [2.05, 4.69) is 35.8 Å². The fourth-order valence-corrected chi connectivity index (χ4v) is 4.24. The van der Waals surface area contributed by atoms with Crippen LogP contribution < -0.4 is 4.90 Å². The van der Waals surface area contributed by atoms with E-state index in [1.165, 1.54) is 19.4 Å². The minimum atomic E-state index is 0.661. The lowest BCUT2D eigenvalue weighted by Gasteiger charge is -2.38.